The maximum absolute atomic E-state index is 5.29. The van der Waals surface area contributed by atoms with Crippen molar-refractivity contribution in [3.05, 3.63) is 17.7 Å². The number of benzene rings is 1. The van der Waals surface area contributed by atoms with Gasteiger partial charge in [0.05, 0.1) is 27.5 Å². The van der Waals surface area contributed by atoms with Gasteiger partial charge >= 0.3 is 0 Å². The molecule has 0 fully saturated rings. The summed E-state index contributed by atoms with van der Waals surface area (Å²) in [5.74, 6) is 1.70. The highest BCUT2D eigenvalue weighted by Gasteiger charge is 2.12. The number of thiocarbonyl (C=S) groups is 1. The van der Waals surface area contributed by atoms with Crippen molar-refractivity contribution >= 4 is 23.5 Å². The molecule has 0 heterocycles. The van der Waals surface area contributed by atoms with E-state index in [4.69, 9.17) is 26.4 Å². The zero-order valence-corrected chi connectivity index (χ0v) is 14.3. The van der Waals surface area contributed by atoms with Crippen LogP contribution in [-0.4, -0.2) is 39.2 Å². The van der Waals surface area contributed by atoms with Gasteiger partial charge in [0.25, 0.3) is 0 Å². The average Bonchev–Trinajstić information content (AvgIpc) is 2.54. The first-order valence-corrected chi connectivity index (χ1v) is 7.44. The molecular weight excluding hydrogens is 302 g/mol. The normalized spacial score (nSPS) is 10.4. The molecule has 7 heteroatoms. The molecule has 0 radical (unpaired) electrons. The zero-order chi connectivity index (χ0) is 16.4. The number of ether oxygens (including phenoxy) is 3. The Kier molecular flexibility index (Phi) is 8.06. The molecule has 0 aliphatic rings. The van der Waals surface area contributed by atoms with Crippen molar-refractivity contribution in [3.63, 3.8) is 0 Å². The van der Waals surface area contributed by atoms with Crippen LogP contribution in [0.2, 0.25) is 0 Å². The molecule has 0 spiro atoms. The van der Waals surface area contributed by atoms with Crippen LogP contribution in [0.4, 0.5) is 0 Å². The molecular formula is C15H23N3O3S. The molecule has 1 rings (SSSR count). The number of nitrogens with one attached hydrogen (secondary N) is 2. The van der Waals surface area contributed by atoms with Crippen molar-refractivity contribution < 1.29 is 14.2 Å². The molecule has 0 aliphatic carbocycles. The summed E-state index contributed by atoms with van der Waals surface area (Å²) in [6.07, 6.45) is 3.82. The summed E-state index contributed by atoms with van der Waals surface area (Å²) in [7, 11) is 4.71. The van der Waals surface area contributed by atoms with Gasteiger partial charge in [-0.1, -0.05) is 13.3 Å². The Labute approximate surface area is 136 Å². The molecule has 122 valence electrons. The summed E-state index contributed by atoms with van der Waals surface area (Å²) in [5, 5.41) is 7.66. The topological polar surface area (TPSA) is 64.1 Å². The number of rotatable bonds is 8. The molecule has 6 nitrogen and oxygen atoms in total. The minimum atomic E-state index is 0.497. The van der Waals surface area contributed by atoms with E-state index in [1.807, 2.05) is 0 Å². The lowest BCUT2D eigenvalue weighted by Gasteiger charge is -2.12. The number of methoxy groups -OCH3 is 3. The summed E-state index contributed by atoms with van der Waals surface area (Å²) >= 11 is 5.11. The van der Waals surface area contributed by atoms with E-state index in [1.165, 1.54) is 0 Å². The molecule has 0 bridgehead atoms. The molecule has 0 aromatic heterocycles. The molecule has 1 aromatic rings. The predicted molar refractivity (Wildman–Crippen MR) is 92.3 cm³/mol. The van der Waals surface area contributed by atoms with Crippen molar-refractivity contribution in [2.24, 2.45) is 5.10 Å². The molecule has 0 saturated carbocycles. The second-order valence-corrected chi connectivity index (χ2v) is 4.85. The van der Waals surface area contributed by atoms with E-state index < -0.39 is 0 Å². The smallest absolute Gasteiger partial charge is 0.203 e. The van der Waals surface area contributed by atoms with Crippen LogP contribution in [0.3, 0.4) is 0 Å². The summed E-state index contributed by atoms with van der Waals surface area (Å²) in [6.45, 7) is 2.96. The van der Waals surface area contributed by atoms with Crippen LogP contribution >= 0.6 is 12.2 Å². The fraction of sp³-hybridized carbons (Fsp3) is 0.467. The van der Waals surface area contributed by atoms with Gasteiger partial charge in [-0.05, 0) is 30.8 Å². The van der Waals surface area contributed by atoms with E-state index in [-0.39, 0.29) is 0 Å². The highest BCUT2D eigenvalue weighted by atomic mass is 32.1. The van der Waals surface area contributed by atoms with E-state index in [2.05, 4.69) is 22.8 Å². The third-order valence-corrected chi connectivity index (χ3v) is 3.12. The van der Waals surface area contributed by atoms with Crippen molar-refractivity contribution in [1.82, 2.24) is 10.7 Å². The lowest BCUT2D eigenvalue weighted by Crippen LogP contribution is -2.32. The zero-order valence-electron chi connectivity index (χ0n) is 13.4. The van der Waals surface area contributed by atoms with Gasteiger partial charge in [-0.15, -0.1) is 0 Å². The van der Waals surface area contributed by atoms with Crippen molar-refractivity contribution in [2.45, 2.75) is 19.8 Å². The van der Waals surface area contributed by atoms with Gasteiger partial charge < -0.3 is 19.5 Å². The summed E-state index contributed by atoms with van der Waals surface area (Å²) in [6, 6.07) is 3.61. The first-order valence-electron chi connectivity index (χ1n) is 7.03. The monoisotopic (exact) mass is 325 g/mol. The van der Waals surface area contributed by atoms with Crippen molar-refractivity contribution in [1.29, 1.82) is 0 Å². The van der Waals surface area contributed by atoms with E-state index >= 15 is 0 Å². The average molecular weight is 325 g/mol. The second kappa shape index (κ2) is 9.83. The van der Waals surface area contributed by atoms with E-state index in [9.17, 15) is 0 Å². The molecule has 1 aromatic carbocycles. The van der Waals surface area contributed by atoms with Crippen LogP contribution in [0.15, 0.2) is 17.2 Å². The molecule has 0 unspecified atom stereocenters. The highest BCUT2D eigenvalue weighted by Crippen LogP contribution is 2.37. The van der Waals surface area contributed by atoms with Gasteiger partial charge in [-0.3, -0.25) is 5.43 Å². The van der Waals surface area contributed by atoms with Crippen molar-refractivity contribution in [2.75, 3.05) is 27.9 Å². The third kappa shape index (κ3) is 5.40. The van der Waals surface area contributed by atoms with E-state index in [1.54, 1.807) is 39.7 Å². The highest BCUT2D eigenvalue weighted by molar-refractivity contribution is 7.80. The Hall–Kier alpha value is -2.02. The quantitative estimate of drug-likeness (QED) is 0.331. The molecule has 0 atom stereocenters. The fourth-order valence-corrected chi connectivity index (χ4v) is 1.91. The molecule has 22 heavy (non-hydrogen) atoms. The van der Waals surface area contributed by atoms with Gasteiger partial charge in [0, 0.05) is 12.1 Å². The third-order valence-electron chi connectivity index (χ3n) is 2.88. The van der Waals surface area contributed by atoms with E-state index in [0.29, 0.717) is 22.4 Å². The summed E-state index contributed by atoms with van der Waals surface area (Å²) in [4.78, 5) is 0. The Bertz CT molecular complexity index is 496. The van der Waals surface area contributed by atoms with Crippen LogP contribution in [-0.2, 0) is 0 Å². The molecule has 0 amide bonds. The minimum Gasteiger partial charge on any atom is -0.493 e. The van der Waals surface area contributed by atoms with Crippen LogP contribution in [0.1, 0.15) is 25.3 Å². The predicted octanol–water partition coefficient (Wildman–Crippen LogP) is 2.31. The number of nitrogens with zero attached hydrogens (tertiary/aromatic N) is 1. The van der Waals surface area contributed by atoms with Gasteiger partial charge in [0.1, 0.15) is 0 Å². The van der Waals surface area contributed by atoms with Crippen molar-refractivity contribution in [3.8, 4) is 17.2 Å². The van der Waals surface area contributed by atoms with Gasteiger partial charge in [0.15, 0.2) is 16.6 Å². The maximum Gasteiger partial charge on any atom is 0.203 e. The largest absolute Gasteiger partial charge is 0.493 e. The second-order valence-electron chi connectivity index (χ2n) is 4.44. The van der Waals surface area contributed by atoms with Gasteiger partial charge in [0.2, 0.25) is 5.75 Å². The Morgan fingerprint density at radius 2 is 1.82 bits per heavy atom. The van der Waals surface area contributed by atoms with Crippen LogP contribution in [0, 0.1) is 0 Å². The standard InChI is InChI=1S/C15H23N3O3S/c1-5-6-7-16-15(22)18-17-10-11-8-12(19-2)14(21-4)13(9-11)20-3/h8-10H,5-7H2,1-4H3,(H2,16,18,22)/b17-10+. The Morgan fingerprint density at radius 1 is 1.18 bits per heavy atom. The van der Waals surface area contributed by atoms with Crippen LogP contribution in [0.5, 0.6) is 17.2 Å². The van der Waals surface area contributed by atoms with Crippen LogP contribution in [0.25, 0.3) is 0 Å². The minimum absolute atomic E-state index is 0.497. The summed E-state index contributed by atoms with van der Waals surface area (Å²) < 4.78 is 15.8. The summed E-state index contributed by atoms with van der Waals surface area (Å²) in [5.41, 5.74) is 3.57. The van der Waals surface area contributed by atoms with Gasteiger partial charge in [-0.2, -0.15) is 5.10 Å². The number of unbranched alkanes of at least 4 members (excludes halogenated alkanes) is 1. The molecule has 2 N–H and O–H groups in total. The number of hydrazone groups is 1. The van der Waals surface area contributed by atoms with E-state index in [0.717, 1.165) is 24.9 Å². The first kappa shape index (κ1) is 18.0. The first-order chi connectivity index (χ1) is 10.7. The molecule has 0 saturated heterocycles. The Balaban J connectivity index is 2.72. The van der Waals surface area contributed by atoms with Crippen LogP contribution < -0.4 is 25.0 Å². The fourth-order valence-electron chi connectivity index (χ4n) is 1.76. The number of hydrogen-bond acceptors (Lipinski definition) is 5. The molecule has 0 aliphatic heterocycles. The maximum atomic E-state index is 5.29. The Morgan fingerprint density at radius 3 is 2.32 bits per heavy atom. The lowest BCUT2D eigenvalue weighted by molar-refractivity contribution is 0.324. The number of hydrogen-bond donors (Lipinski definition) is 2. The lowest BCUT2D eigenvalue weighted by atomic mass is 10.2. The van der Waals surface area contributed by atoms with Gasteiger partial charge in [-0.25, -0.2) is 0 Å². The SMILES string of the molecule is CCCCNC(=S)N/N=C/c1cc(OC)c(OC)c(OC)c1.